The number of hydrogen-bond acceptors (Lipinski definition) is 4. The molecule has 0 saturated carbocycles. The summed E-state index contributed by atoms with van der Waals surface area (Å²) in [5.41, 5.74) is 2.36. The molecule has 1 atom stereocenters. The summed E-state index contributed by atoms with van der Waals surface area (Å²) in [7, 11) is 1.56. The third-order valence-corrected chi connectivity index (χ3v) is 2.60. The fourth-order valence-corrected chi connectivity index (χ4v) is 1.59. The number of carbonyl (C=O) groups is 1. The van der Waals surface area contributed by atoms with Gasteiger partial charge in [0.25, 0.3) is 5.91 Å². The molecule has 1 aromatic rings. The summed E-state index contributed by atoms with van der Waals surface area (Å²) in [4.78, 5) is 12.0. The molecule has 0 aliphatic carbocycles. The van der Waals surface area contributed by atoms with E-state index in [9.17, 15) is 9.18 Å². The molecule has 0 aromatic heterocycles. The van der Waals surface area contributed by atoms with E-state index in [0.29, 0.717) is 6.61 Å². The lowest BCUT2D eigenvalue weighted by atomic mass is 10.1. The summed E-state index contributed by atoms with van der Waals surface area (Å²) in [5, 5.41) is 2.76. The lowest BCUT2D eigenvalue weighted by Gasteiger charge is -2.17. The molecule has 4 N–H and O–H groups in total. The first-order chi connectivity index (χ1) is 8.63. The first-order valence-electron chi connectivity index (χ1n) is 5.69. The lowest BCUT2D eigenvalue weighted by Crippen LogP contribution is -2.38. The standard InChI is InChI=1S/C12H18FN3O2/c1-3-8(7-18-2)15-12(17)9-5-4-6-10(13)11(9)16-14/h4-6,8,16H,3,7,14H2,1-2H3,(H,15,17). The Morgan fingerprint density at radius 3 is 2.83 bits per heavy atom. The van der Waals surface area contributed by atoms with E-state index < -0.39 is 5.82 Å². The van der Waals surface area contributed by atoms with Crippen molar-refractivity contribution in [3.05, 3.63) is 29.6 Å². The molecule has 100 valence electrons. The summed E-state index contributed by atoms with van der Waals surface area (Å²) in [6.45, 7) is 2.33. The summed E-state index contributed by atoms with van der Waals surface area (Å²) in [6.07, 6.45) is 0.723. The van der Waals surface area contributed by atoms with Crippen molar-refractivity contribution in [3.63, 3.8) is 0 Å². The molecular formula is C12H18FN3O2. The topological polar surface area (TPSA) is 76.4 Å². The van der Waals surface area contributed by atoms with Gasteiger partial charge < -0.3 is 15.5 Å². The zero-order valence-corrected chi connectivity index (χ0v) is 10.5. The zero-order chi connectivity index (χ0) is 13.5. The Kier molecular flexibility index (Phi) is 5.54. The highest BCUT2D eigenvalue weighted by Gasteiger charge is 2.17. The van der Waals surface area contributed by atoms with Crippen LogP contribution in [0.5, 0.6) is 0 Å². The van der Waals surface area contributed by atoms with Gasteiger partial charge in [0.15, 0.2) is 0 Å². The first-order valence-corrected chi connectivity index (χ1v) is 5.69. The molecule has 0 aliphatic heterocycles. The Labute approximate surface area is 105 Å². The molecule has 0 radical (unpaired) electrons. The van der Waals surface area contributed by atoms with Crippen LogP contribution in [0.4, 0.5) is 10.1 Å². The van der Waals surface area contributed by atoms with Gasteiger partial charge in [0.2, 0.25) is 0 Å². The highest BCUT2D eigenvalue weighted by Crippen LogP contribution is 2.18. The summed E-state index contributed by atoms with van der Waals surface area (Å²) < 4.78 is 18.4. The van der Waals surface area contributed by atoms with Crippen molar-refractivity contribution in [1.29, 1.82) is 0 Å². The van der Waals surface area contributed by atoms with Gasteiger partial charge in [0.05, 0.1) is 23.9 Å². The molecule has 0 heterocycles. The van der Waals surface area contributed by atoms with E-state index in [4.69, 9.17) is 10.6 Å². The SMILES string of the molecule is CCC(COC)NC(=O)c1cccc(F)c1NN. The third-order valence-electron chi connectivity index (χ3n) is 2.60. The number of para-hydroxylation sites is 1. The van der Waals surface area contributed by atoms with E-state index in [-0.39, 0.29) is 23.2 Å². The van der Waals surface area contributed by atoms with Gasteiger partial charge in [0, 0.05) is 7.11 Å². The second-order valence-corrected chi connectivity index (χ2v) is 3.84. The number of ether oxygens (including phenoxy) is 1. The van der Waals surface area contributed by atoms with Crippen molar-refractivity contribution >= 4 is 11.6 Å². The monoisotopic (exact) mass is 255 g/mol. The maximum absolute atomic E-state index is 13.4. The number of hydrogen-bond donors (Lipinski definition) is 3. The Morgan fingerprint density at radius 1 is 1.56 bits per heavy atom. The molecule has 5 nitrogen and oxygen atoms in total. The number of anilines is 1. The maximum Gasteiger partial charge on any atom is 0.253 e. The maximum atomic E-state index is 13.4. The van der Waals surface area contributed by atoms with Gasteiger partial charge in [-0.3, -0.25) is 10.6 Å². The molecule has 6 heteroatoms. The molecular weight excluding hydrogens is 237 g/mol. The van der Waals surface area contributed by atoms with E-state index in [0.717, 1.165) is 6.42 Å². The predicted molar refractivity (Wildman–Crippen MR) is 67.6 cm³/mol. The molecule has 1 rings (SSSR count). The Bertz CT molecular complexity index is 412. The number of benzene rings is 1. The van der Waals surface area contributed by atoms with Gasteiger partial charge in [0.1, 0.15) is 5.82 Å². The van der Waals surface area contributed by atoms with Crippen LogP contribution in [-0.2, 0) is 4.74 Å². The minimum atomic E-state index is -0.565. The van der Waals surface area contributed by atoms with E-state index >= 15 is 0 Å². The number of rotatable bonds is 6. The number of amides is 1. The normalized spacial score (nSPS) is 12.0. The highest BCUT2D eigenvalue weighted by molar-refractivity contribution is 5.99. The second kappa shape index (κ2) is 6.93. The number of halogens is 1. The van der Waals surface area contributed by atoms with Crippen LogP contribution in [0.3, 0.4) is 0 Å². The Morgan fingerprint density at radius 2 is 2.28 bits per heavy atom. The predicted octanol–water partition coefficient (Wildman–Crippen LogP) is 1.27. The van der Waals surface area contributed by atoms with Crippen LogP contribution in [0.25, 0.3) is 0 Å². The molecule has 0 bridgehead atoms. The summed E-state index contributed by atoms with van der Waals surface area (Å²) in [6, 6.07) is 4.09. The minimum absolute atomic E-state index is 0.0118. The van der Waals surface area contributed by atoms with E-state index in [1.165, 1.54) is 18.2 Å². The van der Waals surface area contributed by atoms with Crippen LogP contribution in [0, 0.1) is 5.82 Å². The zero-order valence-electron chi connectivity index (χ0n) is 10.5. The molecule has 18 heavy (non-hydrogen) atoms. The van der Waals surface area contributed by atoms with Crippen LogP contribution in [0.1, 0.15) is 23.7 Å². The van der Waals surface area contributed by atoms with Crippen molar-refractivity contribution in [1.82, 2.24) is 5.32 Å². The molecule has 0 aliphatic rings. The molecule has 0 spiro atoms. The van der Waals surface area contributed by atoms with Crippen molar-refractivity contribution in [2.45, 2.75) is 19.4 Å². The lowest BCUT2D eigenvalue weighted by molar-refractivity contribution is 0.0895. The second-order valence-electron chi connectivity index (χ2n) is 3.84. The van der Waals surface area contributed by atoms with Crippen LogP contribution in [-0.4, -0.2) is 25.7 Å². The summed E-state index contributed by atoms with van der Waals surface area (Å²) in [5.74, 6) is 4.27. The van der Waals surface area contributed by atoms with E-state index in [1.807, 2.05) is 6.92 Å². The number of nitrogens with two attached hydrogens (primary N) is 1. The fraction of sp³-hybridized carbons (Fsp3) is 0.417. The smallest absolute Gasteiger partial charge is 0.253 e. The molecule has 1 amide bonds. The quantitative estimate of drug-likeness (QED) is 0.528. The summed E-state index contributed by atoms with van der Waals surface area (Å²) >= 11 is 0. The Hall–Kier alpha value is -1.66. The van der Waals surface area contributed by atoms with Gasteiger partial charge in [-0.2, -0.15) is 0 Å². The van der Waals surface area contributed by atoms with Crippen molar-refractivity contribution in [2.24, 2.45) is 5.84 Å². The molecule has 1 aromatic carbocycles. The van der Waals surface area contributed by atoms with E-state index in [2.05, 4.69) is 10.7 Å². The van der Waals surface area contributed by atoms with Crippen molar-refractivity contribution < 1.29 is 13.9 Å². The number of hydrazine groups is 1. The van der Waals surface area contributed by atoms with Gasteiger partial charge in [-0.1, -0.05) is 13.0 Å². The highest BCUT2D eigenvalue weighted by atomic mass is 19.1. The molecule has 0 saturated heterocycles. The fourth-order valence-electron chi connectivity index (χ4n) is 1.59. The van der Waals surface area contributed by atoms with Gasteiger partial charge in [-0.05, 0) is 18.6 Å². The first kappa shape index (κ1) is 14.4. The van der Waals surface area contributed by atoms with Crippen LogP contribution >= 0.6 is 0 Å². The van der Waals surface area contributed by atoms with E-state index in [1.54, 1.807) is 7.11 Å². The number of carbonyl (C=O) groups excluding carboxylic acids is 1. The number of methoxy groups -OCH3 is 1. The van der Waals surface area contributed by atoms with Gasteiger partial charge in [-0.15, -0.1) is 0 Å². The Balaban J connectivity index is 2.87. The van der Waals surface area contributed by atoms with Crippen molar-refractivity contribution in [2.75, 3.05) is 19.1 Å². The largest absolute Gasteiger partial charge is 0.383 e. The van der Waals surface area contributed by atoms with Crippen LogP contribution < -0.4 is 16.6 Å². The number of nitrogens with one attached hydrogen (secondary N) is 2. The minimum Gasteiger partial charge on any atom is -0.383 e. The van der Waals surface area contributed by atoms with Crippen LogP contribution in [0.15, 0.2) is 18.2 Å². The van der Waals surface area contributed by atoms with Gasteiger partial charge in [-0.25, -0.2) is 4.39 Å². The third kappa shape index (κ3) is 3.41. The van der Waals surface area contributed by atoms with Gasteiger partial charge >= 0.3 is 0 Å². The molecule has 0 fully saturated rings. The molecule has 1 unspecified atom stereocenters. The van der Waals surface area contributed by atoms with Crippen LogP contribution in [0.2, 0.25) is 0 Å². The number of nitrogen functional groups attached to an aromatic ring is 1. The van der Waals surface area contributed by atoms with Crippen molar-refractivity contribution in [3.8, 4) is 0 Å². The average Bonchev–Trinajstić information content (AvgIpc) is 2.37. The average molecular weight is 255 g/mol.